The van der Waals surface area contributed by atoms with Gasteiger partial charge in [-0.05, 0) is 37.5 Å². The molecular weight excluding hydrogens is 324 g/mol. The third-order valence-electron chi connectivity index (χ3n) is 5.03. The van der Waals surface area contributed by atoms with Crippen LogP contribution in [0.4, 0.5) is 0 Å². The van der Waals surface area contributed by atoms with Gasteiger partial charge in [-0.3, -0.25) is 14.9 Å². The number of carbonyl (C=O) groups is 1. The van der Waals surface area contributed by atoms with Gasteiger partial charge in [0, 0.05) is 36.5 Å². The highest BCUT2D eigenvalue weighted by Gasteiger charge is 2.28. The number of benzene rings is 1. The van der Waals surface area contributed by atoms with Crippen molar-refractivity contribution in [3.63, 3.8) is 0 Å². The minimum absolute atomic E-state index is 0.00620. The summed E-state index contributed by atoms with van der Waals surface area (Å²) in [6.45, 7) is 3.55. The van der Waals surface area contributed by atoms with Crippen molar-refractivity contribution in [2.75, 3.05) is 13.1 Å². The van der Waals surface area contributed by atoms with Gasteiger partial charge in [-0.25, -0.2) is 0 Å². The number of carbonyl (C=O) groups excluding carboxylic acids is 1. The summed E-state index contributed by atoms with van der Waals surface area (Å²) >= 11 is 0. The van der Waals surface area contributed by atoms with E-state index in [1.165, 1.54) is 5.56 Å². The first kappa shape index (κ1) is 16.5. The average Bonchev–Trinajstić information content (AvgIpc) is 3.19. The predicted molar refractivity (Wildman–Crippen MR) is 101 cm³/mol. The van der Waals surface area contributed by atoms with Gasteiger partial charge in [0.15, 0.2) is 0 Å². The highest BCUT2D eigenvalue weighted by Crippen LogP contribution is 2.33. The molecule has 1 atom stereocenters. The Kier molecular flexibility index (Phi) is 4.52. The lowest BCUT2D eigenvalue weighted by atomic mass is 9.90. The number of hydrogen-bond donors (Lipinski definition) is 1. The quantitative estimate of drug-likeness (QED) is 0.785. The van der Waals surface area contributed by atoms with E-state index in [0.717, 1.165) is 36.2 Å². The Morgan fingerprint density at radius 2 is 2.04 bits per heavy atom. The molecule has 1 aliphatic rings. The van der Waals surface area contributed by atoms with E-state index in [0.29, 0.717) is 12.2 Å². The maximum atomic E-state index is 12.7. The van der Waals surface area contributed by atoms with Crippen molar-refractivity contribution >= 4 is 5.91 Å². The minimum Gasteiger partial charge on any atom is -0.337 e. The lowest BCUT2D eigenvalue weighted by Crippen LogP contribution is -2.39. The second kappa shape index (κ2) is 7.12. The summed E-state index contributed by atoms with van der Waals surface area (Å²) in [7, 11) is 0. The van der Waals surface area contributed by atoms with Crippen molar-refractivity contribution in [1.29, 1.82) is 0 Å². The summed E-state index contributed by atoms with van der Waals surface area (Å²) in [5, 5.41) is 7.47. The van der Waals surface area contributed by atoms with Crippen LogP contribution in [0.1, 0.15) is 40.5 Å². The first-order chi connectivity index (χ1) is 12.7. The van der Waals surface area contributed by atoms with Crippen LogP contribution in [0.5, 0.6) is 0 Å². The molecule has 0 bridgehead atoms. The average molecular weight is 346 g/mol. The lowest BCUT2D eigenvalue weighted by molar-refractivity contribution is 0.0700. The smallest absolute Gasteiger partial charge is 0.272 e. The van der Waals surface area contributed by atoms with Crippen molar-refractivity contribution < 1.29 is 4.79 Å². The fraction of sp³-hybridized carbons (Fsp3) is 0.286. The molecule has 3 aromatic rings. The molecule has 0 unspecified atom stereocenters. The fourth-order valence-corrected chi connectivity index (χ4v) is 3.62. The second-order valence-corrected chi connectivity index (χ2v) is 6.87. The van der Waals surface area contributed by atoms with Crippen LogP contribution in [-0.2, 0) is 0 Å². The van der Waals surface area contributed by atoms with E-state index in [9.17, 15) is 4.79 Å². The van der Waals surface area contributed by atoms with Crippen LogP contribution in [-0.4, -0.2) is 39.1 Å². The summed E-state index contributed by atoms with van der Waals surface area (Å²) in [6.07, 6.45) is 5.58. The summed E-state index contributed by atoms with van der Waals surface area (Å²) < 4.78 is 0. The molecule has 5 nitrogen and oxygen atoms in total. The molecule has 4 rings (SSSR count). The van der Waals surface area contributed by atoms with E-state index < -0.39 is 0 Å². The normalized spacial score (nSPS) is 17.3. The van der Waals surface area contributed by atoms with Crippen LogP contribution in [0, 0.1) is 6.92 Å². The number of aryl methyl sites for hydroxylation is 1. The number of hydrogen-bond acceptors (Lipinski definition) is 3. The monoisotopic (exact) mass is 346 g/mol. The van der Waals surface area contributed by atoms with E-state index in [1.807, 2.05) is 23.2 Å². The Hall–Kier alpha value is -2.95. The lowest BCUT2D eigenvalue weighted by Gasteiger charge is -2.32. The van der Waals surface area contributed by atoms with Crippen molar-refractivity contribution in [2.45, 2.75) is 25.7 Å². The first-order valence-corrected chi connectivity index (χ1v) is 9.03. The third kappa shape index (κ3) is 3.25. The number of nitrogens with zero attached hydrogens (tertiary/aromatic N) is 3. The van der Waals surface area contributed by atoms with E-state index in [1.54, 1.807) is 12.3 Å². The molecular formula is C21H22N4O. The molecule has 1 N–H and O–H groups in total. The van der Waals surface area contributed by atoms with Crippen LogP contribution in [0.3, 0.4) is 0 Å². The van der Waals surface area contributed by atoms with Gasteiger partial charge in [-0.1, -0.05) is 35.9 Å². The molecule has 1 aliphatic heterocycles. The minimum atomic E-state index is 0.00620. The molecule has 132 valence electrons. The Balaban J connectivity index is 1.57. The largest absolute Gasteiger partial charge is 0.337 e. The third-order valence-corrected chi connectivity index (χ3v) is 5.03. The van der Waals surface area contributed by atoms with Crippen LogP contribution in [0.15, 0.2) is 54.9 Å². The Bertz CT molecular complexity index is 886. The van der Waals surface area contributed by atoms with Crippen LogP contribution >= 0.6 is 0 Å². The van der Waals surface area contributed by atoms with Gasteiger partial charge < -0.3 is 4.90 Å². The number of likely N-dealkylation sites (tertiary alicyclic amines) is 1. The highest BCUT2D eigenvalue weighted by atomic mass is 16.2. The molecule has 5 heteroatoms. The molecule has 2 aromatic heterocycles. The summed E-state index contributed by atoms with van der Waals surface area (Å²) in [4.78, 5) is 18.9. The maximum absolute atomic E-state index is 12.7. The number of amides is 1. The number of aromatic amines is 1. The van der Waals surface area contributed by atoms with E-state index in [4.69, 9.17) is 0 Å². The highest BCUT2D eigenvalue weighted by molar-refractivity contribution is 5.92. The zero-order valence-corrected chi connectivity index (χ0v) is 14.9. The molecule has 1 aromatic carbocycles. The molecule has 0 saturated carbocycles. The molecule has 3 heterocycles. The molecule has 1 saturated heterocycles. The topological polar surface area (TPSA) is 61.9 Å². The first-order valence-electron chi connectivity index (χ1n) is 9.03. The van der Waals surface area contributed by atoms with Crippen LogP contribution in [0.25, 0.3) is 11.1 Å². The zero-order valence-electron chi connectivity index (χ0n) is 14.9. The van der Waals surface area contributed by atoms with E-state index in [-0.39, 0.29) is 11.8 Å². The second-order valence-electron chi connectivity index (χ2n) is 6.87. The number of aromatic nitrogens is 3. The SMILES string of the molecule is Cc1ccc(-c2cn[nH]c2[C@@H]2CCCN(C(=O)c3ccccn3)C2)cc1. The Labute approximate surface area is 153 Å². The van der Waals surface area contributed by atoms with Gasteiger partial charge in [0.05, 0.1) is 6.20 Å². The molecule has 0 spiro atoms. The van der Waals surface area contributed by atoms with Gasteiger partial charge in [0.1, 0.15) is 5.69 Å². The molecule has 26 heavy (non-hydrogen) atoms. The Morgan fingerprint density at radius 3 is 2.81 bits per heavy atom. The predicted octanol–water partition coefficient (Wildman–Crippen LogP) is 3.80. The van der Waals surface area contributed by atoms with E-state index in [2.05, 4.69) is 46.4 Å². The number of nitrogens with one attached hydrogen (secondary N) is 1. The van der Waals surface area contributed by atoms with Crippen LogP contribution < -0.4 is 0 Å². The summed E-state index contributed by atoms with van der Waals surface area (Å²) in [5.74, 6) is 0.266. The summed E-state index contributed by atoms with van der Waals surface area (Å²) in [6, 6.07) is 13.9. The van der Waals surface area contributed by atoms with Gasteiger partial charge >= 0.3 is 0 Å². The molecule has 1 amide bonds. The van der Waals surface area contributed by atoms with Crippen molar-refractivity contribution in [2.24, 2.45) is 0 Å². The molecule has 0 radical (unpaired) electrons. The van der Waals surface area contributed by atoms with Crippen molar-refractivity contribution in [3.8, 4) is 11.1 Å². The van der Waals surface area contributed by atoms with Crippen LogP contribution in [0.2, 0.25) is 0 Å². The maximum Gasteiger partial charge on any atom is 0.272 e. The number of H-pyrrole nitrogens is 1. The summed E-state index contributed by atoms with van der Waals surface area (Å²) in [5.41, 5.74) is 5.15. The van der Waals surface area contributed by atoms with Gasteiger partial charge in [0.2, 0.25) is 0 Å². The molecule has 1 fully saturated rings. The fourth-order valence-electron chi connectivity index (χ4n) is 3.62. The van der Waals surface area contributed by atoms with Gasteiger partial charge in [-0.2, -0.15) is 5.10 Å². The number of rotatable bonds is 3. The number of piperidine rings is 1. The van der Waals surface area contributed by atoms with Crippen molar-refractivity contribution in [1.82, 2.24) is 20.1 Å². The van der Waals surface area contributed by atoms with Crippen molar-refractivity contribution in [3.05, 3.63) is 71.8 Å². The zero-order chi connectivity index (χ0) is 17.9. The number of pyridine rings is 1. The van der Waals surface area contributed by atoms with E-state index >= 15 is 0 Å². The molecule has 0 aliphatic carbocycles. The Morgan fingerprint density at radius 1 is 1.19 bits per heavy atom. The standard InChI is InChI=1S/C21H22N4O/c1-15-7-9-16(10-8-15)18-13-23-24-20(18)17-5-4-12-25(14-17)21(26)19-6-2-3-11-22-19/h2-3,6-11,13,17H,4-5,12,14H2,1H3,(H,23,24)/t17-/m1/s1. The van der Waals surface area contributed by atoms with Gasteiger partial charge in [-0.15, -0.1) is 0 Å². The van der Waals surface area contributed by atoms with Gasteiger partial charge in [0.25, 0.3) is 5.91 Å².